The van der Waals surface area contributed by atoms with Gasteiger partial charge >= 0.3 is 0 Å². The molecular formula is C19H39Cl3N4O. The van der Waals surface area contributed by atoms with Crippen molar-refractivity contribution >= 4 is 43.1 Å². The molecular weight excluding hydrogens is 407 g/mol. The first-order valence-corrected chi connectivity index (χ1v) is 10.2. The molecule has 0 spiro atoms. The van der Waals surface area contributed by atoms with E-state index < -0.39 is 0 Å². The Labute approximate surface area is 184 Å². The maximum atomic E-state index is 12.1. The van der Waals surface area contributed by atoms with Crippen LogP contribution in [0.2, 0.25) is 0 Å². The maximum Gasteiger partial charge on any atom is 0.220 e. The summed E-state index contributed by atoms with van der Waals surface area (Å²) < 4.78 is 0. The number of halogens is 3. The van der Waals surface area contributed by atoms with Crippen molar-refractivity contribution in [3.63, 3.8) is 0 Å². The summed E-state index contributed by atoms with van der Waals surface area (Å²) in [6.07, 6.45) is 8.08. The number of nitrogens with one attached hydrogen (secondary N) is 2. The number of hydrogen-bond donors (Lipinski definition) is 2. The van der Waals surface area contributed by atoms with Gasteiger partial charge < -0.3 is 20.4 Å². The van der Waals surface area contributed by atoms with Gasteiger partial charge in [-0.25, -0.2) is 0 Å². The zero-order valence-electron chi connectivity index (χ0n) is 16.7. The summed E-state index contributed by atoms with van der Waals surface area (Å²) in [5, 5.41) is 6.80. The molecule has 2 unspecified atom stereocenters. The van der Waals surface area contributed by atoms with Crippen molar-refractivity contribution in [3.05, 3.63) is 0 Å². The number of unbranched alkanes of at least 4 members (excludes halogenated alkanes) is 1. The largest absolute Gasteiger partial charge is 0.356 e. The summed E-state index contributed by atoms with van der Waals surface area (Å²) in [6, 6.07) is 1.38. The maximum absolute atomic E-state index is 12.1. The molecule has 0 aromatic carbocycles. The normalized spacial score (nSPS) is 27.8. The number of piperazine rings is 1. The smallest absolute Gasteiger partial charge is 0.220 e. The number of likely N-dealkylation sites (N-methyl/N-ethyl adjacent to an activating group) is 1. The van der Waals surface area contributed by atoms with Crippen LogP contribution in [0.3, 0.4) is 0 Å². The average Bonchev–Trinajstić information content (AvgIpc) is 2.93. The number of rotatable bonds is 8. The molecule has 5 nitrogen and oxygen atoms in total. The van der Waals surface area contributed by atoms with Crippen molar-refractivity contribution in [1.29, 1.82) is 0 Å². The number of piperidine rings is 1. The molecule has 3 rings (SSSR count). The summed E-state index contributed by atoms with van der Waals surface area (Å²) >= 11 is 0. The molecule has 1 amide bonds. The molecule has 3 heterocycles. The number of carbonyl (C=O) groups is 1. The van der Waals surface area contributed by atoms with Gasteiger partial charge in [-0.05, 0) is 57.5 Å². The zero-order valence-corrected chi connectivity index (χ0v) is 19.1. The standard InChI is InChI=1S/C19H36N4O.3ClH/c1-2-22-9-11-23(12-10-22)8-4-3-7-20-19(24)15-16-13-17-5-6-18(14-16)21-17;;;/h16-18,21H,2-15H2,1H3,(H,20,24);3*1H. The van der Waals surface area contributed by atoms with E-state index in [0.717, 1.165) is 19.4 Å². The first-order valence-electron chi connectivity index (χ1n) is 10.2. The molecule has 27 heavy (non-hydrogen) atoms. The Morgan fingerprint density at radius 2 is 1.56 bits per heavy atom. The van der Waals surface area contributed by atoms with Gasteiger partial charge in [0, 0.05) is 51.2 Å². The second kappa shape index (κ2) is 14.2. The lowest BCUT2D eigenvalue weighted by Crippen LogP contribution is -2.46. The fourth-order valence-electron chi connectivity index (χ4n) is 4.69. The minimum Gasteiger partial charge on any atom is -0.356 e. The second-order valence-electron chi connectivity index (χ2n) is 8.01. The van der Waals surface area contributed by atoms with Gasteiger partial charge in [0.1, 0.15) is 0 Å². The van der Waals surface area contributed by atoms with E-state index >= 15 is 0 Å². The van der Waals surface area contributed by atoms with Crippen molar-refractivity contribution in [2.45, 2.75) is 64.0 Å². The highest BCUT2D eigenvalue weighted by molar-refractivity contribution is 5.86. The van der Waals surface area contributed by atoms with E-state index in [0.29, 0.717) is 18.0 Å². The minimum absolute atomic E-state index is 0. The highest BCUT2D eigenvalue weighted by atomic mass is 35.5. The number of nitrogens with zero attached hydrogens (tertiary/aromatic N) is 2. The summed E-state index contributed by atoms with van der Waals surface area (Å²) in [7, 11) is 0. The van der Waals surface area contributed by atoms with Gasteiger partial charge in [-0.15, -0.1) is 37.2 Å². The van der Waals surface area contributed by atoms with Crippen LogP contribution in [0, 0.1) is 5.92 Å². The molecule has 3 aliphatic heterocycles. The van der Waals surface area contributed by atoms with E-state index in [4.69, 9.17) is 0 Å². The van der Waals surface area contributed by atoms with Gasteiger partial charge in [-0.2, -0.15) is 0 Å². The first-order chi connectivity index (χ1) is 11.7. The summed E-state index contributed by atoms with van der Waals surface area (Å²) in [6.45, 7) is 10.3. The van der Waals surface area contributed by atoms with E-state index in [1.54, 1.807) is 0 Å². The first kappa shape index (κ1) is 27.2. The van der Waals surface area contributed by atoms with Gasteiger partial charge in [0.2, 0.25) is 5.91 Å². The molecule has 8 heteroatoms. The Morgan fingerprint density at radius 1 is 0.963 bits per heavy atom. The highest BCUT2D eigenvalue weighted by Gasteiger charge is 2.34. The fourth-order valence-corrected chi connectivity index (χ4v) is 4.69. The summed E-state index contributed by atoms with van der Waals surface area (Å²) in [5.41, 5.74) is 0. The molecule has 2 bridgehead atoms. The molecule has 2 N–H and O–H groups in total. The van der Waals surface area contributed by atoms with Crippen LogP contribution in [0.1, 0.15) is 51.9 Å². The van der Waals surface area contributed by atoms with Gasteiger partial charge in [0.15, 0.2) is 0 Å². The third-order valence-corrected chi connectivity index (χ3v) is 6.18. The third-order valence-electron chi connectivity index (χ3n) is 6.18. The van der Waals surface area contributed by atoms with Gasteiger partial charge in [-0.3, -0.25) is 4.79 Å². The van der Waals surface area contributed by atoms with Crippen LogP contribution in [0.4, 0.5) is 0 Å². The molecule has 2 atom stereocenters. The van der Waals surface area contributed by atoms with E-state index in [2.05, 4.69) is 27.4 Å². The van der Waals surface area contributed by atoms with Crippen LogP contribution in [-0.2, 0) is 4.79 Å². The van der Waals surface area contributed by atoms with Crippen LogP contribution in [0.25, 0.3) is 0 Å². The van der Waals surface area contributed by atoms with Crippen LogP contribution < -0.4 is 10.6 Å². The number of hydrogen-bond acceptors (Lipinski definition) is 4. The minimum atomic E-state index is 0. The Morgan fingerprint density at radius 3 is 2.15 bits per heavy atom. The predicted molar refractivity (Wildman–Crippen MR) is 120 cm³/mol. The Bertz CT molecular complexity index is 396. The quantitative estimate of drug-likeness (QED) is 0.564. The topological polar surface area (TPSA) is 47.6 Å². The van der Waals surface area contributed by atoms with Crippen LogP contribution in [-0.4, -0.2) is 73.6 Å². The molecule has 0 radical (unpaired) electrons. The second-order valence-corrected chi connectivity index (χ2v) is 8.01. The lowest BCUT2D eigenvalue weighted by molar-refractivity contribution is -0.122. The number of fused-ring (bicyclic) bond motifs is 2. The summed E-state index contributed by atoms with van der Waals surface area (Å²) in [4.78, 5) is 17.2. The number of carbonyl (C=O) groups excluding carboxylic acids is 1. The van der Waals surface area contributed by atoms with Crippen molar-refractivity contribution in [1.82, 2.24) is 20.4 Å². The zero-order chi connectivity index (χ0) is 16.8. The Balaban J connectivity index is 0.00000225. The lowest BCUT2D eigenvalue weighted by Gasteiger charge is -2.34. The molecule has 0 aliphatic carbocycles. The van der Waals surface area contributed by atoms with Gasteiger partial charge in [0.25, 0.3) is 0 Å². The average molecular weight is 446 g/mol. The molecule has 162 valence electrons. The van der Waals surface area contributed by atoms with Gasteiger partial charge in [0.05, 0.1) is 0 Å². The van der Waals surface area contributed by atoms with Crippen molar-refractivity contribution < 1.29 is 4.79 Å². The van der Waals surface area contributed by atoms with E-state index in [9.17, 15) is 4.79 Å². The Kier molecular flexibility index (Phi) is 14.4. The van der Waals surface area contributed by atoms with E-state index in [1.807, 2.05) is 0 Å². The lowest BCUT2D eigenvalue weighted by atomic mass is 9.89. The van der Waals surface area contributed by atoms with Crippen molar-refractivity contribution in [2.75, 3.05) is 45.8 Å². The SMILES string of the molecule is CCN1CCN(CCCCNC(=O)CC2CC3CCC(C2)N3)CC1.Cl.Cl.Cl. The summed E-state index contributed by atoms with van der Waals surface area (Å²) in [5.74, 6) is 0.886. The highest BCUT2D eigenvalue weighted by Crippen LogP contribution is 2.32. The molecule has 3 aliphatic rings. The van der Waals surface area contributed by atoms with Crippen molar-refractivity contribution in [3.8, 4) is 0 Å². The predicted octanol–water partition coefficient (Wildman–Crippen LogP) is 2.71. The van der Waals surface area contributed by atoms with Crippen LogP contribution in [0.5, 0.6) is 0 Å². The van der Waals surface area contributed by atoms with E-state index in [-0.39, 0.29) is 43.1 Å². The van der Waals surface area contributed by atoms with Crippen molar-refractivity contribution in [2.24, 2.45) is 5.92 Å². The number of amides is 1. The monoisotopic (exact) mass is 444 g/mol. The molecule has 3 saturated heterocycles. The fraction of sp³-hybridized carbons (Fsp3) is 0.947. The third kappa shape index (κ3) is 9.05. The van der Waals surface area contributed by atoms with Crippen LogP contribution >= 0.6 is 37.2 Å². The molecule has 3 fully saturated rings. The van der Waals surface area contributed by atoms with E-state index in [1.165, 1.54) is 71.4 Å². The molecule has 0 aromatic heterocycles. The van der Waals surface area contributed by atoms with Gasteiger partial charge in [-0.1, -0.05) is 6.92 Å². The Hall–Kier alpha value is 0.220. The molecule has 0 saturated carbocycles. The molecule has 0 aromatic rings. The van der Waals surface area contributed by atoms with Crippen LogP contribution in [0.15, 0.2) is 0 Å².